The Balaban J connectivity index is 2.86. The van der Waals surface area contributed by atoms with Crippen LogP contribution in [0.1, 0.15) is 25.3 Å². The van der Waals surface area contributed by atoms with Crippen molar-refractivity contribution in [2.24, 2.45) is 11.7 Å². The molecule has 0 heterocycles. The van der Waals surface area contributed by atoms with Crippen molar-refractivity contribution in [3.8, 4) is 0 Å². The standard InChI is InChI=1S/C13H17BrN2OS/c1-3-5-9(12(15)18)13(17)16-11-7-4-6-10(14)8(11)2/h4,6-7,9H,3,5H2,1-2H3,(H2,15,18)(H,16,17). The zero-order chi connectivity index (χ0) is 13.7. The van der Waals surface area contributed by atoms with Crippen LogP contribution in [0.5, 0.6) is 0 Å². The maximum Gasteiger partial charge on any atom is 0.234 e. The lowest BCUT2D eigenvalue weighted by atomic mass is 10.0. The Morgan fingerprint density at radius 2 is 2.22 bits per heavy atom. The van der Waals surface area contributed by atoms with E-state index in [-0.39, 0.29) is 10.9 Å². The molecule has 1 aromatic rings. The smallest absolute Gasteiger partial charge is 0.234 e. The van der Waals surface area contributed by atoms with Crippen LogP contribution in [0.4, 0.5) is 5.69 Å². The number of halogens is 1. The van der Waals surface area contributed by atoms with Crippen LogP contribution in [0, 0.1) is 12.8 Å². The van der Waals surface area contributed by atoms with Crippen molar-refractivity contribution in [2.75, 3.05) is 5.32 Å². The van der Waals surface area contributed by atoms with E-state index < -0.39 is 5.92 Å². The molecule has 1 rings (SSSR count). The van der Waals surface area contributed by atoms with Crippen molar-refractivity contribution in [3.05, 3.63) is 28.2 Å². The predicted molar refractivity (Wildman–Crippen MR) is 82.7 cm³/mol. The normalized spacial score (nSPS) is 11.9. The summed E-state index contributed by atoms with van der Waals surface area (Å²) in [6.07, 6.45) is 1.54. The minimum absolute atomic E-state index is 0.134. The molecule has 1 aromatic carbocycles. The van der Waals surface area contributed by atoms with Crippen LogP contribution in [0.3, 0.4) is 0 Å². The van der Waals surface area contributed by atoms with Gasteiger partial charge in [-0.15, -0.1) is 0 Å². The lowest BCUT2D eigenvalue weighted by Gasteiger charge is -2.16. The number of benzene rings is 1. The summed E-state index contributed by atoms with van der Waals surface area (Å²) in [7, 11) is 0. The summed E-state index contributed by atoms with van der Waals surface area (Å²) < 4.78 is 0.961. The van der Waals surface area contributed by atoms with Gasteiger partial charge in [-0.1, -0.05) is 47.6 Å². The third-order valence-electron chi connectivity index (χ3n) is 2.76. The number of thiocarbonyl (C=S) groups is 1. The predicted octanol–water partition coefficient (Wildman–Crippen LogP) is 3.40. The highest BCUT2D eigenvalue weighted by Gasteiger charge is 2.21. The van der Waals surface area contributed by atoms with Gasteiger partial charge in [0.1, 0.15) is 0 Å². The maximum absolute atomic E-state index is 12.1. The summed E-state index contributed by atoms with van der Waals surface area (Å²) in [5.74, 6) is -0.533. The number of hydrogen-bond acceptors (Lipinski definition) is 2. The third kappa shape index (κ3) is 3.78. The second-order valence-corrected chi connectivity index (χ2v) is 5.47. The molecule has 0 spiro atoms. The molecule has 0 aromatic heterocycles. The molecule has 0 aliphatic heterocycles. The molecule has 0 bridgehead atoms. The number of carbonyl (C=O) groups is 1. The van der Waals surface area contributed by atoms with Crippen LogP contribution in [0.25, 0.3) is 0 Å². The minimum atomic E-state index is -0.400. The summed E-state index contributed by atoms with van der Waals surface area (Å²) >= 11 is 8.37. The van der Waals surface area contributed by atoms with Gasteiger partial charge >= 0.3 is 0 Å². The highest BCUT2D eigenvalue weighted by molar-refractivity contribution is 9.10. The van der Waals surface area contributed by atoms with Crippen LogP contribution in [0.2, 0.25) is 0 Å². The minimum Gasteiger partial charge on any atom is -0.393 e. The summed E-state index contributed by atoms with van der Waals surface area (Å²) in [5.41, 5.74) is 7.38. The Kier molecular flexibility index (Phi) is 5.75. The fraction of sp³-hybridized carbons (Fsp3) is 0.385. The molecule has 18 heavy (non-hydrogen) atoms. The molecule has 98 valence electrons. The number of amides is 1. The molecule has 0 saturated heterocycles. The first-order valence-electron chi connectivity index (χ1n) is 5.82. The molecule has 5 heteroatoms. The number of anilines is 1. The molecule has 1 amide bonds. The van der Waals surface area contributed by atoms with Gasteiger partial charge in [-0.25, -0.2) is 0 Å². The van der Waals surface area contributed by atoms with Gasteiger partial charge in [0, 0.05) is 10.2 Å². The molecule has 0 fully saturated rings. The zero-order valence-electron chi connectivity index (χ0n) is 10.5. The number of nitrogens with one attached hydrogen (secondary N) is 1. The molecule has 0 aliphatic rings. The lowest BCUT2D eigenvalue weighted by Crippen LogP contribution is -2.33. The van der Waals surface area contributed by atoms with E-state index in [0.29, 0.717) is 6.42 Å². The number of nitrogens with two attached hydrogens (primary N) is 1. The van der Waals surface area contributed by atoms with E-state index in [2.05, 4.69) is 21.2 Å². The van der Waals surface area contributed by atoms with E-state index in [4.69, 9.17) is 18.0 Å². The number of rotatable bonds is 5. The van der Waals surface area contributed by atoms with Gasteiger partial charge in [-0.2, -0.15) is 0 Å². The summed E-state index contributed by atoms with van der Waals surface area (Å²) in [6.45, 7) is 3.94. The van der Waals surface area contributed by atoms with Crippen molar-refractivity contribution in [1.29, 1.82) is 0 Å². The lowest BCUT2D eigenvalue weighted by molar-refractivity contribution is -0.118. The van der Waals surface area contributed by atoms with Crippen molar-refractivity contribution in [3.63, 3.8) is 0 Å². The van der Waals surface area contributed by atoms with Crippen LogP contribution in [-0.4, -0.2) is 10.9 Å². The Morgan fingerprint density at radius 3 is 2.78 bits per heavy atom. The van der Waals surface area contributed by atoms with Crippen LogP contribution < -0.4 is 11.1 Å². The SMILES string of the molecule is CCCC(C(=O)Nc1cccc(Br)c1C)C(N)=S. The van der Waals surface area contributed by atoms with Crippen molar-refractivity contribution in [1.82, 2.24) is 0 Å². The first kappa shape index (κ1) is 15.1. The Bertz CT molecular complexity index is 462. The van der Waals surface area contributed by atoms with E-state index in [1.165, 1.54) is 0 Å². The van der Waals surface area contributed by atoms with Gasteiger partial charge in [0.2, 0.25) is 5.91 Å². The summed E-state index contributed by atoms with van der Waals surface area (Å²) in [5, 5.41) is 2.88. The molecule has 0 radical (unpaired) electrons. The van der Waals surface area contributed by atoms with Crippen LogP contribution >= 0.6 is 28.1 Å². The van der Waals surface area contributed by atoms with E-state index in [1.54, 1.807) is 0 Å². The molecule has 0 saturated carbocycles. The van der Waals surface area contributed by atoms with Crippen LogP contribution in [-0.2, 0) is 4.79 Å². The molecular formula is C13H17BrN2OS. The quantitative estimate of drug-likeness (QED) is 0.814. The van der Waals surface area contributed by atoms with Crippen molar-refractivity contribution in [2.45, 2.75) is 26.7 Å². The fourth-order valence-electron chi connectivity index (χ4n) is 1.65. The monoisotopic (exact) mass is 328 g/mol. The second kappa shape index (κ2) is 6.85. The summed E-state index contributed by atoms with van der Waals surface area (Å²) in [6, 6.07) is 5.67. The number of carbonyl (C=O) groups excluding carboxylic acids is 1. The number of hydrogen-bond donors (Lipinski definition) is 2. The average molecular weight is 329 g/mol. The molecule has 3 nitrogen and oxygen atoms in total. The second-order valence-electron chi connectivity index (χ2n) is 4.15. The van der Waals surface area contributed by atoms with Gasteiger partial charge in [-0.3, -0.25) is 4.79 Å². The molecule has 1 atom stereocenters. The first-order valence-corrected chi connectivity index (χ1v) is 7.02. The van der Waals surface area contributed by atoms with E-state index >= 15 is 0 Å². The van der Waals surface area contributed by atoms with Gasteiger partial charge in [0.05, 0.1) is 10.9 Å². The highest BCUT2D eigenvalue weighted by Crippen LogP contribution is 2.24. The van der Waals surface area contributed by atoms with E-state index in [0.717, 1.165) is 22.1 Å². The third-order valence-corrected chi connectivity index (χ3v) is 3.91. The first-order chi connectivity index (χ1) is 8.47. The van der Waals surface area contributed by atoms with Gasteiger partial charge in [0.15, 0.2) is 0 Å². The van der Waals surface area contributed by atoms with Gasteiger partial charge in [-0.05, 0) is 31.0 Å². The van der Waals surface area contributed by atoms with Gasteiger partial charge < -0.3 is 11.1 Å². The maximum atomic E-state index is 12.1. The van der Waals surface area contributed by atoms with E-state index in [1.807, 2.05) is 32.0 Å². The Hall–Kier alpha value is -0.940. The highest BCUT2D eigenvalue weighted by atomic mass is 79.9. The Labute approximate surface area is 121 Å². The molecule has 0 aliphatic carbocycles. The van der Waals surface area contributed by atoms with Crippen LogP contribution in [0.15, 0.2) is 22.7 Å². The zero-order valence-corrected chi connectivity index (χ0v) is 12.9. The summed E-state index contributed by atoms with van der Waals surface area (Å²) in [4.78, 5) is 12.4. The molecular weight excluding hydrogens is 312 g/mol. The Morgan fingerprint density at radius 1 is 1.56 bits per heavy atom. The van der Waals surface area contributed by atoms with Gasteiger partial charge in [0.25, 0.3) is 0 Å². The molecule has 3 N–H and O–H groups in total. The topological polar surface area (TPSA) is 55.1 Å². The largest absolute Gasteiger partial charge is 0.393 e. The fourth-order valence-corrected chi connectivity index (χ4v) is 2.25. The molecule has 1 unspecified atom stereocenters. The average Bonchev–Trinajstić information content (AvgIpc) is 2.31. The van der Waals surface area contributed by atoms with Crippen molar-refractivity contribution < 1.29 is 4.79 Å². The van der Waals surface area contributed by atoms with Crippen molar-refractivity contribution >= 4 is 44.7 Å². The van der Waals surface area contributed by atoms with E-state index in [9.17, 15) is 4.79 Å².